The van der Waals surface area contributed by atoms with Crippen LogP contribution in [0.3, 0.4) is 0 Å². The highest BCUT2D eigenvalue weighted by Crippen LogP contribution is 2.22. The van der Waals surface area contributed by atoms with Crippen molar-refractivity contribution in [2.24, 2.45) is 0 Å². The van der Waals surface area contributed by atoms with Crippen LogP contribution in [0.4, 0.5) is 11.6 Å². The topological polar surface area (TPSA) is 130 Å². The molecule has 0 aliphatic rings. The number of carbonyl (C=O) groups is 1. The predicted molar refractivity (Wildman–Crippen MR) is 132 cm³/mol. The van der Waals surface area contributed by atoms with Gasteiger partial charge in [0.15, 0.2) is 5.95 Å². The van der Waals surface area contributed by atoms with Crippen molar-refractivity contribution in [1.82, 2.24) is 15.3 Å². The van der Waals surface area contributed by atoms with Gasteiger partial charge in [-0.25, -0.2) is 13.4 Å². The number of aromatic nitrogens is 2. The van der Waals surface area contributed by atoms with Gasteiger partial charge in [-0.2, -0.15) is 0 Å². The average Bonchev–Trinajstić information content (AvgIpc) is 3.29. The summed E-state index contributed by atoms with van der Waals surface area (Å²) >= 11 is 0. The molecule has 1 aromatic heterocycles. The maximum atomic E-state index is 12.7. The van der Waals surface area contributed by atoms with Gasteiger partial charge in [-0.15, -0.1) is 0 Å². The van der Waals surface area contributed by atoms with Crippen LogP contribution in [0.25, 0.3) is 11.3 Å². The molecule has 4 rings (SSSR count). The number of amides is 1. The first kappa shape index (κ1) is 23.1. The number of nitrogen functional groups attached to an aromatic ring is 1. The zero-order valence-electron chi connectivity index (χ0n) is 18.5. The number of nitrogens with zero attached hydrogens (tertiary/aromatic N) is 1. The van der Waals surface area contributed by atoms with Crippen LogP contribution in [0.15, 0.2) is 90.0 Å². The van der Waals surface area contributed by atoms with Gasteiger partial charge in [0.2, 0.25) is 5.91 Å². The summed E-state index contributed by atoms with van der Waals surface area (Å²) in [4.78, 5) is 19.8. The first-order valence-electron chi connectivity index (χ1n) is 10.7. The SMILES string of the molecule is C[C@H](C(=O)NCc1ccc(-c2cnc(N)[nH]2)cc1)c1ccc(NS(=O)(=O)c2ccccc2)cc1. The standard InChI is InChI=1S/C25H25N5O3S/c1-17(19-11-13-21(14-12-19)30-34(32,33)22-5-3-2-4-6-22)24(31)27-15-18-7-9-20(10-8-18)23-16-28-25(26)29-23/h2-14,16-17,30H,15H2,1H3,(H,27,31)(H3,26,28,29)/t17-/m0/s1. The van der Waals surface area contributed by atoms with E-state index in [1.54, 1.807) is 48.7 Å². The van der Waals surface area contributed by atoms with Gasteiger partial charge in [0.25, 0.3) is 10.0 Å². The van der Waals surface area contributed by atoms with Gasteiger partial charge in [-0.05, 0) is 47.9 Å². The smallest absolute Gasteiger partial charge is 0.261 e. The fourth-order valence-corrected chi connectivity index (χ4v) is 4.51. The lowest BCUT2D eigenvalue weighted by Gasteiger charge is -2.14. The quantitative estimate of drug-likeness (QED) is 0.307. The molecule has 0 unspecified atom stereocenters. The van der Waals surface area contributed by atoms with E-state index in [2.05, 4.69) is 20.0 Å². The molecule has 3 aromatic carbocycles. The normalized spacial score (nSPS) is 12.1. The second-order valence-electron chi connectivity index (χ2n) is 7.86. The summed E-state index contributed by atoms with van der Waals surface area (Å²) in [5, 5.41) is 2.94. The summed E-state index contributed by atoms with van der Waals surface area (Å²) in [5.74, 6) is -0.156. The van der Waals surface area contributed by atoms with Gasteiger partial charge in [0.05, 0.1) is 22.7 Å². The number of rotatable bonds is 8. The van der Waals surface area contributed by atoms with E-state index in [4.69, 9.17) is 5.73 Å². The van der Waals surface area contributed by atoms with E-state index in [-0.39, 0.29) is 10.8 Å². The lowest BCUT2D eigenvalue weighted by Crippen LogP contribution is -2.27. The van der Waals surface area contributed by atoms with Crippen LogP contribution in [-0.4, -0.2) is 24.3 Å². The molecular formula is C25H25N5O3S. The highest BCUT2D eigenvalue weighted by atomic mass is 32.2. The number of imidazole rings is 1. The van der Waals surface area contributed by atoms with Gasteiger partial charge in [-0.3, -0.25) is 9.52 Å². The monoisotopic (exact) mass is 475 g/mol. The molecule has 0 saturated carbocycles. The van der Waals surface area contributed by atoms with E-state index in [0.717, 1.165) is 22.4 Å². The summed E-state index contributed by atoms with van der Waals surface area (Å²) in [7, 11) is -3.66. The maximum absolute atomic E-state index is 12.7. The Morgan fingerprint density at radius 1 is 1.00 bits per heavy atom. The molecular weight excluding hydrogens is 450 g/mol. The van der Waals surface area contributed by atoms with Crippen molar-refractivity contribution in [2.75, 3.05) is 10.5 Å². The largest absolute Gasteiger partial charge is 0.369 e. The molecule has 0 bridgehead atoms. The molecule has 0 saturated heterocycles. The Morgan fingerprint density at radius 2 is 1.68 bits per heavy atom. The minimum absolute atomic E-state index is 0.122. The molecule has 4 aromatic rings. The molecule has 0 fully saturated rings. The van der Waals surface area contributed by atoms with E-state index in [1.807, 2.05) is 31.2 Å². The molecule has 0 aliphatic heterocycles. The molecule has 5 N–H and O–H groups in total. The van der Waals surface area contributed by atoms with Crippen molar-refractivity contribution >= 4 is 27.6 Å². The molecule has 1 amide bonds. The van der Waals surface area contributed by atoms with Crippen molar-refractivity contribution in [2.45, 2.75) is 24.3 Å². The number of benzene rings is 3. The van der Waals surface area contributed by atoms with Gasteiger partial charge >= 0.3 is 0 Å². The number of nitrogens with one attached hydrogen (secondary N) is 3. The van der Waals surface area contributed by atoms with Crippen LogP contribution in [-0.2, 0) is 21.4 Å². The molecule has 0 spiro atoms. The van der Waals surface area contributed by atoms with Crippen molar-refractivity contribution in [1.29, 1.82) is 0 Å². The number of hydrogen-bond donors (Lipinski definition) is 4. The zero-order chi connectivity index (χ0) is 24.1. The second kappa shape index (κ2) is 9.80. The van der Waals surface area contributed by atoms with Crippen molar-refractivity contribution < 1.29 is 13.2 Å². The van der Waals surface area contributed by atoms with Crippen LogP contribution < -0.4 is 15.8 Å². The van der Waals surface area contributed by atoms with Crippen LogP contribution in [0, 0.1) is 0 Å². The summed E-state index contributed by atoms with van der Waals surface area (Å²) in [6.45, 7) is 2.20. The Hall–Kier alpha value is -4.11. The van der Waals surface area contributed by atoms with E-state index >= 15 is 0 Å². The highest BCUT2D eigenvalue weighted by Gasteiger charge is 2.17. The van der Waals surface area contributed by atoms with Crippen molar-refractivity contribution in [3.8, 4) is 11.3 Å². The lowest BCUT2D eigenvalue weighted by atomic mass is 10.00. The number of sulfonamides is 1. The molecule has 0 radical (unpaired) electrons. The Labute approximate surface area is 198 Å². The molecule has 9 heteroatoms. The third-order valence-electron chi connectivity index (χ3n) is 5.44. The zero-order valence-corrected chi connectivity index (χ0v) is 19.3. The molecule has 174 valence electrons. The Bertz CT molecular complexity index is 1370. The van der Waals surface area contributed by atoms with Gasteiger partial charge in [0.1, 0.15) is 0 Å². The minimum Gasteiger partial charge on any atom is -0.369 e. The number of H-pyrrole nitrogens is 1. The highest BCUT2D eigenvalue weighted by molar-refractivity contribution is 7.92. The number of aromatic amines is 1. The molecule has 34 heavy (non-hydrogen) atoms. The van der Waals surface area contributed by atoms with E-state index in [0.29, 0.717) is 18.2 Å². The van der Waals surface area contributed by atoms with Crippen LogP contribution in [0.1, 0.15) is 24.0 Å². The second-order valence-corrected chi connectivity index (χ2v) is 9.54. The molecule has 0 aliphatic carbocycles. The molecule has 1 atom stereocenters. The van der Waals surface area contributed by atoms with Crippen molar-refractivity contribution in [3.05, 3.63) is 96.2 Å². The first-order chi connectivity index (χ1) is 16.3. The third-order valence-corrected chi connectivity index (χ3v) is 6.83. The predicted octanol–water partition coefficient (Wildman–Crippen LogP) is 3.88. The fraction of sp³-hybridized carbons (Fsp3) is 0.120. The number of hydrogen-bond acceptors (Lipinski definition) is 5. The van der Waals surface area contributed by atoms with Gasteiger partial charge < -0.3 is 16.0 Å². The molecule has 8 nitrogen and oxygen atoms in total. The van der Waals surface area contributed by atoms with E-state index in [1.165, 1.54) is 12.1 Å². The number of nitrogens with two attached hydrogens (primary N) is 1. The Balaban J connectivity index is 1.33. The maximum Gasteiger partial charge on any atom is 0.261 e. The number of carbonyl (C=O) groups excluding carboxylic acids is 1. The van der Waals surface area contributed by atoms with E-state index in [9.17, 15) is 13.2 Å². The van der Waals surface area contributed by atoms with E-state index < -0.39 is 15.9 Å². The van der Waals surface area contributed by atoms with Crippen LogP contribution in [0.5, 0.6) is 0 Å². The van der Waals surface area contributed by atoms with Gasteiger partial charge in [-0.1, -0.05) is 54.6 Å². The van der Waals surface area contributed by atoms with Gasteiger partial charge in [0, 0.05) is 12.2 Å². The average molecular weight is 476 g/mol. The summed E-state index contributed by atoms with van der Waals surface area (Å²) in [5.41, 5.74) is 9.58. The summed E-state index contributed by atoms with van der Waals surface area (Å²) in [6.07, 6.45) is 1.67. The molecule has 1 heterocycles. The first-order valence-corrected chi connectivity index (χ1v) is 12.2. The number of anilines is 2. The Morgan fingerprint density at radius 3 is 2.29 bits per heavy atom. The summed E-state index contributed by atoms with van der Waals surface area (Å²) in [6, 6.07) is 22.7. The lowest BCUT2D eigenvalue weighted by molar-refractivity contribution is -0.122. The fourth-order valence-electron chi connectivity index (χ4n) is 3.43. The third kappa shape index (κ3) is 5.44. The van der Waals surface area contributed by atoms with Crippen LogP contribution in [0.2, 0.25) is 0 Å². The Kier molecular flexibility index (Phi) is 6.65. The minimum atomic E-state index is -3.66. The van der Waals surface area contributed by atoms with Crippen molar-refractivity contribution in [3.63, 3.8) is 0 Å². The summed E-state index contributed by atoms with van der Waals surface area (Å²) < 4.78 is 27.5. The van der Waals surface area contributed by atoms with Crippen LogP contribution >= 0.6 is 0 Å².